The van der Waals surface area contributed by atoms with Crippen molar-refractivity contribution in [2.45, 2.75) is 46.1 Å². The number of rotatable bonds is 12. The minimum atomic E-state index is -0.431. The van der Waals surface area contributed by atoms with Gasteiger partial charge < -0.3 is 14.4 Å². The Morgan fingerprint density at radius 1 is 1.14 bits per heavy atom. The van der Waals surface area contributed by atoms with Crippen LogP contribution in [0.3, 0.4) is 0 Å². The van der Waals surface area contributed by atoms with E-state index < -0.39 is 5.97 Å². The zero-order valence-corrected chi connectivity index (χ0v) is 18.2. The number of aromatic nitrogens is 1. The number of nitrogens with zero attached hydrogens (tertiary/aromatic N) is 2. The van der Waals surface area contributed by atoms with Crippen molar-refractivity contribution in [3.05, 3.63) is 52.0 Å². The molecule has 0 bridgehead atoms. The van der Waals surface area contributed by atoms with Gasteiger partial charge in [0.2, 0.25) is 5.91 Å². The molecule has 2 rings (SSSR count). The minimum absolute atomic E-state index is 0.0723. The highest BCUT2D eigenvalue weighted by Crippen LogP contribution is 2.24. The Morgan fingerprint density at radius 3 is 2.55 bits per heavy atom. The normalized spacial score (nSPS) is 11.8. The van der Waals surface area contributed by atoms with E-state index in [2.05, 4.69) is 4.98 Å². The third-order valence-corrected chi connectivity index (χ3v) is 5.34. The van der Waals surface area contributed by atoms with E-state index in [1.165, 1.54) is 11.3 Å². The van der Waals surface area contributed by atoms with Gasteiger partial charge in [-0.15, -0.1) is 11.3 Å². The van der Waals surface area contributed by atoms with E-state index in [1.54, 1.807) is 12.3 Å². The maximum absolute atomic E-state index is 13.4. The van der Waals surface area contributed by atoms with Crippen LogP contribution in [0.25, 0.3) is 0 Å². The Kier molecular flexibility index (Phi) is 9.80. The molecule has 1 atom stereocenters. The first-order chi connectivity index (χ1) is 14.1. The topological polar surface area (TPSA) is 68.7 Å². The summed E-state index contributed by atoms with van der Waals surface area (Å²) in [6.45, 7) is 8.27. The van der Waals surface area contributed by atoms with Crippen LogP contribution in [-0.4, -0.2) is 48.1 Å². The van der Waals surface area contributed by atoms with Crippen LogP contribution < -0.4 is 0 Å². The van der Waals surface area contributed by atoms with Crippen LogP contribution in [0, 0.1) is 0 Å². The average molecular weight is 419 g/mol. The van der Waals surface area contributed by atoms with Gasteiger partial charge in [0.15, 0.2) is 5.69 Å². The standard InChI is InChI=1S/C22H30N2O4S/c1-4-18(17-11-8-7-9-12-17)21(25)24(13-10-14-27-5-2)15-20-23-19(16-29-20)22(26)28-6-3/h7-9,11-12,16,18H,4-6,10,13-15H2,1-3H3/t18-/m0/s1. The smallest absolute Gasteiger partial charge is 0.357 e. The van der Waals surface area contributed by atoms with Gasteiger partial charge >= 0.3 is 5.97 Å². The molecule has 0 radical (unpaired) electrons. The van der Waals surface area contributed by atoms with Crippen LogP contribution in [0.2, 0.25) is 0 Å². The quantitative estimate of drug-likeness (QED) is 0.380. The molecule has 0 unspecified atom stereocenters. The van der Waals surface area contributed by atoms with E-state index in [1.807, 2.05) is 49.1 Å². The third kappa shape index (κ3) is 6.94. The fraction of sp³-hybridized carbons (Fsp3) is 0.500. The van der Waals surface area contributed by atoms with Crippen LogP contribution in [0.5, 0.6) is 0 Å². The fourth-order valence-corrected chi connectivity index (χ4v) is 3.85. The van der Waals surface area contributed by atoms with Crippen molar-refractivity contribution < 1.29 is 19.1 Å². The third-order valence-electron chi connectivity index (χ3n) is 4.50. The zero-order chi connectivity index (χ0) is 21.1. The number of carbonyl (C=O) groups excluding carboxylic acids is 2. The summed E-state index contributed by atoms with van der Waals surface area (Å²) in [6, 6.07) is 9.85. The monoisotopic (exact) mass is 418 g/mol. The molecule has 0 aliphatic rings. The summed E-state index contributed by atoms with van der Waals surface area (Å²) in [6.07, 6.45) is 1.47. The molecule has 29 heavy (non-hydrogen) atoms. The van der Waals surface area contributed by atoms with E-state index in [4.69, 9.17) is 9.47 Å². The number of hydrogen-bond acceptors (Lipinski definition) is 6. The van der Waals surface area contributed by atoms with Crippen LogP contribution >= 0.6 is 11.3 Å². The second-order valence-electron chi connectivity index (χ2n) is 6.53. The van der Waals surface area contributed by atoms with Gasteiger partial charge in [-0.05, 0) is 32.3 Å². The number of amides is 1. The Morgan fingerprint density at radius 2 is 1.90 bits per heavy atom. The van der Waals surface area contributed by atoms with Gasteiger partial charge in [-0.3, -0.25) is 4.79 Å². The van der Waals surface area contributed by atoms with E-state index in [0.717, 1.165) is 23.4 Å². The number of carbonyl (C=O) groups is 2. The van der Waals surface area contributed by atoms with Gasteiger partial charge in [-0.1, -0.05) is 37.3 Å². The van der Waals surface area contributed by atoms with Crippen molar-refractivity contribution in [3.8, 4) is 0 Å². The summed E-state index contributed by atoms with van der Waals surface area (Å²) >= 11 is 1.37. The summed E-state index contributed by atoms with van der Waals surface area (Å²) in [5, 5.41) is 2.41. The second-order valence-corrected chi connectivity index (χ2v) is 7.47. The molecule has 0 saturated carbocycles. The number of ether oxygens (including phenoxy) is 2. The molecule has 7 heteroatoms. The molecule has 0 N–H and O–H groups in total. The Balaban J connectivity index is 2.15. The van der Waals surface area contributed by atoms with Crippen LogP contribution in [-0.2, 0) is 20.8 Å². The lowest BCUT2D eigenvalue weighted by Crippen LogP contribution is -2.36. The summed E-state index contributed by atoms with van der Waals surface area (Å²) in [5.74, 6) is -0.559. The van der Waals surface area contributed by atoms with Gasteiger partial charge in [0.1, 0.15) is 5.01 Å². The summed E-state index contributed by atoms with van der Waals surface area (Å²) in [5.41, 5.74) is 1.31. The van der Waals surface area contributed by atoms with Gasteiger partial charge in [0.25, 0.3) is 0 Å². The predicted molar refractivity (Wildman–Crippen MR) is 114 cm³/mol. The summed E-state index contributed by atoms with van der Waals surface area (Å²) < 4.78 is 10.4. The van der Waals surface area contributed by atoms with E-state index in [0.29, 0.717) is 38.6 Å². The first-order valence-corrected chi connectivity index (χ1v) is 11.0. The number of thiazole rings is 1. The summed E-state index contributed by atoms with van der Waals surface area (Å²) in [7, 11) is 0. The Labute approximate surface area is 176 Å². The number of benzene rings is 1. The highest BCUT2D eigenvalue weighted by atomic mass is 32.1. The van der Waals surface area contributed by atoms with Crippen molar-refractivity contribution >= 4 is 23.2 Å². The van der Waals surface area contributed by atoms with Crippen molar-refractivity contribution in [2.75, 3.05) is 26.4 Å². The number of esters is 1. The molecule has 1 aromatic carbocycles. The first kappa shape index (κ1) is 23.0. The lowest BCUT2D eigenvalue weighted by molar-refractivity contribution is -0.133. The highest BCUT2D eigenvalue weighted by Gasteiger charge is 2.25. The van der Waals surface area contributed by atoms with Gasteiger partial charge in [0, 0.05) is 25.1 Å². The van der Waals surface area contributed by atoms with E-state index in [9.17, 15) is 9.59 Å². The highest BCUT2D eigenvalue weighted by molar-refractivity contribution is 7.09. The van der Waals surface area contributed by atoms with Crippen molar-refractivity contribution in [3.63, 3.8) is 0 Å². The Hall–Kier alpha value is -2.25. The molecular weight excluding hydrogens is 388 g/mol. The van der Waals surface area contributed by atoms with Crippen LogP contribution in [0.1, 0.15) is 60.6 Å². The SMILES string of the molecule is CCOCCCN(Cc1nc(C(=O)OCC)cs1)C(=O)[C@@H](CC)c1ccccc1. The molecule has 1 amide bonds. The molecule has 0 aliphatic heterocycles. The minimum Gasteiger partial charge on any atom is -0.461 e. The van der Waals surface area contributed by atoms with Crippen LogP contribution in [0.15, 0.2) is 35.7 Å². The predicted octanol–water partition coefficient (Wildman–Crippen LogP) is 4.27. The zero-order valence-electron chi connectivity index (χ0n) is 17.4. The summed E-state index contributed by atoms with van der Waals surface area (Å²) in [4.78, 5) is 31.4. The van der Waals surface area contributed by atoms with E-state index >= 15 is 0 Å². The molecule has 1 aromatic heterocycles. The second kappa shape index (κ2) is 12.3. The average Bonchev–Trinajstić information content (AvgIpc) is 3.20. The van der Waals surface area contributed by atoms with Crippen molar-refractivity contribution in [1.82, 2.24) is 9.88 Å². The van der Waals surface area contributed by atoms with E-state index in [-0.39, 0.29) is 11.8 Å². The molecule has 0 fully saturated rings. The molecular formula is C22H30N2O4S. The molecule has 1 heterocycles. The largest absolute Gasteiger partial charge is 0.461 e. The lowest BCUT2D eigenvalue weighted by Gasteiger charge is -2.26. The van der Waals surface area contributed by atoms with Gasteiger partial charge in [-0.25, -0.2) is 9.78 Å². The first-order valence-electron chi connectivity index (χ1n) is 10.1. The molecule has 6 nitrogen and oxygen atoms in total. The molecule has 158 valence electrons. The number of hydrogen-bond donors (Lipinski definition) is 0. The molecule has 2 aromatic rings. The molecule has 0 aliphatic carbocycles. The Bertz CT molecular complexity index is 763. The molecule has 0 spiro atoms. The van der Waals surface area contributed by atoms with Crippen LogP contribution in [0.4, 0.5) is 0 Å². The van der Waals surface area contributed by atoms with Crippen molar-refractivity contribution in [2.24, 2.45) is 0 Å². The van der Waals surface area contributed by atoms with Gasteiger partial charge in [0.05, 0.1) is 19.1 Å². The maximum Gasteiger partial charge on any atom is 0.357 e. The lowest BCUT2D eigenvalue weighted by atomic mass is 9.95. The maximum atomic E-state index is 13.4. The van der Waals surface area contributed by atoms with Gasteiger partial charge in [-0.2, -0.15) is 0 Å². The fourth-order valence-electron chi connectivity index (χ4n) is 3.07. The molecule has 0 saturated heterocycles. The van der Waals surface area contributed by atoms with Crippen molar-refractivity contribution in [1.29, 1.82) is 0 Å².